The van der Waals surface area contributed by atoms with E-state index in [1.165, 1.54) is 21.9 Å². The van der Waals surface area contributed by atoms with Crippen molar-refractivity contribution in [2.75, 3.05) is 0 Å². The van der Waals surface area contributed by atoms with Crippen molar-refractivity contribution in [3.63, 3.8) is 0 Å². The number of aromatic nitrogens is 5. The molecule has 0 amide bonds. The zero-order chi connectivity index (χ0) is 16.7. The van der Waals surface area contributed by atoms with Gasteiger partial charge in [-0.2, -0.15) is 9.78 Å². The number of benzene rings is 2. The van der Waals surface area contributed by atoms with E-state index in [-0.39, 0.29) is 5.56 Å². The summed E-state index contributed by atoms with van der Waals surface area (Å²) < 4.78 is 2.81. The summed E-state index contributed by atoms with van der Waals surface area (Å²) in [6.45, 7) is 0. The van der Waals surface area contributed by atoms with Gasteiger partial charge in [0.15, 0.2) is 0 Å². The molecule has 2 aromatic heterocycles. The van der Waals surface area contributed by atoms with Gasteiger partial charge in [0.25, 0.3) is 5.56 Å². The minimum Gasteiger partial charge on any atom is -0.268 e. The Hall–Kier alpha value is -2.70. The maximum Gasteiger partial charge on any atom is 0.267 e. The zero-order valence-corrected chi connectivity index (χ0v) is 13.6. The summed E-state index contributed by atoms with van der Waals surface area (Å²) in [6.07, 6.45) is 2.84. The van der Waals surface area contributed by atoms with Crippen LogP contribution >= 0.6 is 23.2 Å². The Balaban J connectivity index is 2.15. The van der Waals surface area contributed by atoms with Crippen molar-refractivity contribution in [2.24, 2.45) is 0 Å². The van der Waals surface area contributed by atoms with Gasteiger partial charge in [-0.25, -0.2) is 14.5 Å². The lowest BCUT2D eigenvalue weighted by Crippen LogP contribution is -2.25. The first-order chi connectivity index (χ1) is 11.6. The monoisotopic (exact) mass is 357 g/mol. The van der Waals surface area contributed by atoms with Gasteiger partial charge >= 0.3 is 0 Å². The van der Waals surface area contributed by atoms with E-state index in [0.717, 1.165) is 0 Å². The molecule has 0 radical (unpaired) electrons. The molecule has 0 spiro atoms. The van der Waals surface area contributed by atoms with Crippen LogP contribution in [0.4, 0.5) is 0 Å². The molecule has 0 bridgehead atoms. The van der Waals surface area contributed by atoms with Gasteiger partial charge < -0.3 is 0 Å². The van der Waals surface area contributed by atoms with Crippen LogP contribution in [0.15, 0.2) is 59.9 Å². The van der Waals surface area contributed by atoms with E-state index < -0.39 is 0 Å². The van der Waals surface area contributed by atoms with Crippen molar-refractivity contribution in [2.45, 2.75) is 0 Å². The van der Waals surface area contributed by atoms with Gasteiger partial charge in [-0.1, -0.05) is 35.3 Å². The summed E-state index contributed by atoms with van der Waals surface area (Å²) in [5.74, 6) is 0.292. The molecule has 0 fully saturated rings. The van der Waals surface area contributed by atoms with Gasteiger partial charge in [0.2, 0.25) is 5.95 Å². The van der Waals surface area contributed by atoms with E-state index >= 15 is 0 Å². The Labute approximate surface area is 145 Å². The number of hydrogen-bond acceptors (Lipinski definition) is 4. The fourth-order valence-electron chi connectivity index (χ4n) is 2.47. The summed E-state index contributed by atoms with van der Waals surface area (Å²) in [5.41, 5.74) is 0.777. The summed E-state index contributed by atoms with van der Waals surface area (Å²) in [5, 5.41) is 5.38. The van der Waals surface area contributed by atoms with E-state index in [1.54, 1.807) is 36.4 Å². The molecule has 4 rings (SSSR count). The third-order valence-electron chi connectivity index (χ3n) is 3.53. The Morgan fingerprint density at radius 3 is 2.62 bits per heavy atom. The second-order valence-electron chi connectivity index (χ2n) is 5.01. The number of para-hydroxylation sites is 1. The normalized spacial score (nSPS) is 11.1. The molecule has 0 N–H and O–H groups in total. The lowest BCUT2D eigenvalue weighted by Gasteiger charge is -2.14. The van der Waals surface area contributed by atoms with Crippen LogP contribution in [-0.2, 0) is 0 Å². The fourth-order valence-corrected chi connectivity index (χ4v) is 2.96. The topological polar surface area (TPSA) is 65.6 Å². The summed E-state index contributed by atoms with van der Waals surface area (Å²) >= 11 is 12.3. The molecule has 0 aliphatic heterocycles. The second-order valence-corrected chi connectivity index (χ2v) is 5.85. The van der Waals surface area contributed by atoms with Crippen LogP contribution in [0.2, 0.25) is 10.0 Å². The Morgan fingerprint density at radius 1 is 1.04 bits per heavy atom. The van der Waals surface area contributed by atoms with Crippen molar-refractivity contribution in [3.05, 3.63) is 75.5 Å². The highest BCUT2D eigenvalue weighted by atomic mass is 35.5. The molecular weight excluding hydrogens is 349 g/mol. The third kappa shape index (κ3) is 2.36. The number of halogens is 2. The highest BCUT2D eigenvalue weighted by Crippen LogP contribution is 2.25. The number of hydrogen-bond donors (Lipinski definition) is 0. The van der Waals surface area contributed by atoms with Crippen molar-refractivity contribution in [1.29, 1.82) is 0 Å². The van der Waals surface area contributed by atoms with E-state index in [9.17, 15) is 4.79 Å². The molecule has 2 heterocycles. The molecule has 0 saturated heterocycles. The molecule has 6 nitrogen and oxygen atoms in total. The smallest absolute Gasteiger partial charge is 0.267 e. The van der Waals surface area contributed by atoms with Crippen LogP contribution in [0.1, 0.15) is 0 Å². The molecule has 4 aromatic rings. The van der Waals surface area contributed by atoms with Crippen LogP contribution < -0.4 is 5.56 Å². The van der Waals surface area contributed by atoms with E-state index in [1.807, 2.05) is 6.07 Å². The van der Waals surface area contributed by atoms with Crippen molar-refractivity contribution in [1.82, 2.24) is 24.3 Å². The summed E-state index contributed by atoms with van der Waals surface area (Å²) in [7, 11) is 0. The molecule has 118 valence electrons. The molecule has 0 aliphatic carbocycles. The van der Waals surface area contributed by atoms with Crippen molar-refractivity contribution < 1.29 is 0 Å². The largest absolute Gasteiger partial charge is 0.268 e. The molecule has 0 unspecified atom stereocenters. The first kappa shape index (κ1) is 14.9. The molecule has 0 aliphatic rings. The van der Waals surface area contributed by atoms with Crippen LogP contribution in [0.5, 0.6) is 0 Å². The number of fused-ring (bicyclic) bond motifs is 1. The van der Waals surface area contributed by atoms with Crippen LogP contribution in [0, 0.1) is 0 Å². The molecule has 0 atom stereocenters. The Bertz CT molecular complexity index is 1110. The van der Waals surface area contributed by atoms with Gasteiger partial charge in [0, 0.05) is 5.02 Å². The predicted octanol–water partition coefficient (Wildman–Crippen LogP) is 3.27. The SMILES string of the molecule is O=c1c2ccccc2nc(-n2cncn2)n1-c1ccc(Cl)cc1Cl. The number of rotatable bonds is 2. The van der Waals surface area contributed by atoms with Gasteiger partial charge in [0.1, 0.15) is 12.7 Å². The van der Waals surface area contributed by atoms with Gasteiger partial charge in [-0.05, 0) is 30.3 Å². The minimum absolute atomic E-state index is 0.254. The predicted molar refractivity (Wildman–Crippen MR) is 92.3 cm³/mol. The van der Waals surface area contributed by atoms with Crippen LogP contribution in [0.3, 0.4) is 0 Å². The second kappa shape index (κ2) is 5.74. The highest BCUT2D eigenvalue weighted by Gasteiger charge is 2.16. The molecule has 2 aromatic carbocycles. The maximum absolute atomic E-state index is 13.1. The van der Waals surface area contributed by atoms with E-state index in [0.29, 0.717) is 32.6 Å². The average molecular weight is 358 g/mol. The first-order valence-corrected chi connectivity index (χ1v) is 7.73. The summed E-state index contributed by atoms with van der Waals surface area (Å²) in [4.78, 5) is 21.5. The number of nitrogens with zero attached hydrogens (tertiary/aromatic N) is 5. The van der Waals surface area contributed by atoms with E-state index in [4.69, 9.17) is 23.2 Å². The zero-order valence-electron chi connectivity index (χ0n) is 12.1. The van der Waals surface area contributed by atoms with E-state index in [2.05, 4.69) is 15.1 Å². The van der Waals surface area contributed by atoms with Crippen LogP contribution in [0.25, 0.3) is 22.5 Å². The first-order valence-electron chi connectivity index (χ1n) is 6.97. The minimum atomic E-state index is -0.254. The average Bonchev–Trinajstić information content (AvgIpc) is 3.10. The molecule has 24 heavy (non-hydrogen) atoms. The van der Waals surface area contributed by atoms with Crippen molar-refractivity contribution in [3.8, 4) is 11.6 Å². The molecule has 0 saturated carbocycles. The Kier molecular flexibility index (Phi) is 3.55. The standard InChI is InChI=1S/C16H9Cl2N5O/c17-10-5-6-14(12(18)7-10)23-15(24)11-3-1-2-4-13(11)21-16(23)22-9-19-8-20-22/h1-9H. The fraction of sp³-hybridized carbons (Fsp3) is 0. The lowest BCUT2D eigenvalue weighted by molar-refractivity contribution is 0.761. The third-order valence-corrected chi connectivity index (χ3v) is 4.07. The summed E-state index contributed by atoms with van der Waals surface area (Å²) in [6, 6.07) is 12.0. The molecular formula is C16H9Cl2N5O. The quantitative estimate of drug-likeness (QED) is 0.552. The maximum atomic E-state index is 13.1. The van der Waals surface area contributed by atoms with Gasteiger partial charge in [-0.15, -0.1) is 0 Å². The van der Waals surface area contributed by atoms with Gasteiger partial charge in [-0.3, -0.25) is 4.79 Å². The Morgan fingerprint density at radius 2 is 1.88 bits per heavy atom. The lowest BCUT2D eigenvalue weighted by atomic mass is 10.2. The van der Waals surface area contributed by atoms with Gasteiger partial charge in [0.05, 0.1) is 21.6 Å². The molecule has 8 heteroatoms. The van der Waals surface area contributed by atoms with Crippen LogP contribution in [-0.4, -0.2) is 24.3 Å². The van der Waals surface area contributed by atoms with Crippen molar-refractivity contribution >= 4 is 34.1 Å². The highest BCUT2D eigenvalue weighted by molar-refractivity contribution is 6.35.